The molecule has 1 aliphatic rings. The van der Waals surface area contributed by atoms with Crippen LogP contribution in [0.2, 0.25) is 0 Å². The molecule has 4 heterocycles. The fraction of sp³-hybridized carbons (Fsp3) is 0.241. The minimum atomic E-state index is -0.618. The van der Waals surface area contributed by atoms with Crippen molar-refractivity contribution in [2.45, 2.75) is 32.1 Å². The summed E-state index contributed by atoms with van der Waals surface area (Å²) in [6, 6.07) is 12.3. The van der Waals surface area contributed by atoms with E-state index in [2.05, 4.69) is 30.9 Å². The van der Waals surface area contributed by atoms with Crippen molar-refractivity contribution in [3.63, 3.8) is 0 Å². The first kappa shape index (κ1) is 27.4. The summed E-state index contributed by atoms with van der Waals surface area (Å²) < 4.78 is 49.8. The molecule has 5 aromatic rings. The van der Waals surface area contributed by atoms with Crippen molar-refractivity contribution in [1.82, 2.24) is 19.5 Å². The molecule has 0 radical (unpaired) electrons. The number of hydrogen-bond donors (Lipinski definition) is 0. The molecule has 41 heavy (non-hydrogen) atoms. The first-order valence-corrected chi connectivity index (χ1v) is 14.4. The van der Waals surface area contributed by atoms with Crippen molar-refractivity contribution < 1.29 is 27.8 Å². The monoisotopic (exact) mass is 640 g/mol. The Kier molecular flexibility index (Phi) is 7.78. The molecule has 3 aromatic heterocycles. The van der Waals surface area contributed by atoms with E-state index in [1.54, 1.807) is 42.6 Å². The van der Waals surface area contributed by atoms with Gasteiger partial charge < -0.3 is 18.8 Å². The van der Waals surface area contributed by atoms with Crippen LogP contribution in [0.25, 0.3) is 22.3 Å². The molecule has 2 aromatic carbocycles. The number of ether oxygens (including phenoxy) is 3. The Balaban J connectivity index is 1.28. The second kappa shape index (κ2) is 11.6. The standard InChI is InChI=1S/C29H23BrF2N4O4S/c1-38-29(37)16-5-6-23-24(10-16)36(14-18-7-8-39-18)26(34-23)11-17-9-21(32)19(12-20(17)31)22-3-2-4-27(35-22)40-15-28-33-13-25(30)41-28/h2-6,9-10,12-13,18H,7-8,11,14-15H2,1H3/t18-/m0/s1. The van der Waals surface area contributed by atoms with E-state index < -0.39 is 17.6 Å². The maximum absolute atomic E-state index is 15.5. The lowest BCUT2D eigenvalue weighted by Crippen LogP contribution is -2.31. The van der Waals surface area contributed by atoms with Crippen LogP contribution in [0, 0.1) is 11.6 Å². The summed E-state index contributed by atoms with van der Waals surface area (Å²) in [5.74, 6) is -0.866. The third kappa shape index (κ3) is 5.85. The van der Waals surface area contributed by atoms with E-state index in [0.717, 1.165) is 21.3 Å². The second-order valence-corrected chi connectivity index (χ2v) is 11.9. The van der Waals surface area contributed by atoms with Gasteiger partial charge in [-0.15, -0.1) is 11.3 Å². The van der Waals surface area contributed by atoms with Gasteiger partial charge in [0.2, 0.25) is 5.88 Å². The molecule has 210 valence electrons. The molecule has 0 spiro atoms. The van der Waals surface area contributed by atoms with E-state index in [0.29, 0.717) is 35.6 Å². The Labute approximate surface area is 246 Å². The van der Waals surface area contributed by atoms with Crippen LogP contribution >= 0.6 is 27.3 Å². The topological polar surface area (TPSA) is 88.4 Å². The van der Waals surface area contributed by atoms with Gasteiger partial charge in [-0.2, -0.15) is 0 Å². The zero-order valence-electron chi connectivity index (χ0n) is 21.8. The molecule has 0 N–H and O–H groups in total. The van der Waals surface area contributed by atoms with Crippen LogP contribution in [0.3, 0.4) is 0 Å². The Morgan fingerprint density at radius 2 is 2.02 bits per heavy atom. The number of pyridine rings is 1. The lowest BCUT2D eigenvalue weighted by molar-refractivity contribution is -0.0589. The molecule has 0 unspecified atom stereocenters. The van der Waals surface area contributed by atoms with Gasteiger partial charge in [0.15, 0.2) is 0 Å². The first-order valence-electron chi connectivity index (χ1n) is 12.8. The van der Waals surface area contributed by atoms with Crippen LogP contribution < -0.4 is 4.74 Å². The van der Waals surface area contributed by atoms with Crippen LogP contribution in [0.1, 0.15) is 33.2 Å². The SMILES string of the molecule is COC(=O)c1ccc2nc(Cc3cc(F)c(-c4cccc(OCc5ncc(Br)s5)n4)cc3F)n(C[C@@H]3CCO3)c2c1. The molecule has 0 aliphatic carbocycles. The molecule has 6 rings (SSSR count). The van der Waals surface area contributed by atoms with Crippen LogP contribution in [-0.2, 0) is 29.0 Å². The zero-order valence-corrected chi connectivity index (χ0v) is 24.2. The van der Waals surface area contributed by atoms with Gasteiger partial charge in [0.25, 0.3) is 0 Å². The van der Waals surface area contributed by atoms with Gasteiger partial charge in [-0.1, -0.05) is 6.07 Å². The first-order chi connectivity index (χ1) is 19.9. The Morgan fingerprint density at radius 1 is 1.17 bits per heavy atom. The number of fused-ring (bicyclic) bond motifs is 1. The van der Waals surface area contributed by atoms with Crippen LogP contribution in [0.4, 0.5) is 8.78 Å². The Hall–Kier alpha value is -3.74. The van der Waals surface area contributed by atoms with Crippen molar-refractivity contribution in [1.29, 1.82) is 0 Å². The number of imidazole rings is 1. The number of rotatable bonds is 9. The molecular weight excluding hydrogens is 618 g/mol. The highest BCUT2D eigenvalue weighted by atomic mass is 79.9. The molecule has 0 bridgehead atoms. The minimum Gasteiger partial charge on any atom is -0.470 e. The summed E-state index contributed by atoms with van der Waals surface area (Å²) >= 11 is 4.80. The van der Waals surface area contributed by atoms with Gasteiger partial charge in [-0.25, -0.2) is 28.5 Å². The maximum Gasteiger partial charge on any atom is 0.337 e. The van der Waals surface area contributed by atoms with Gasteiger partial charge in [-0.3, -0.25) is 0 Å². The van der Waals surface area contributed by atoms with E-state index in [1.807, 2.05) is 4.57 Å². The molecule has 8 nitrogen and oxygen atoms in total. The summed E-state index contributed by atoms with van der Waals surface area (Å²) in [6.45, 7) is 1.36. The molecular formula is C29H23BrF2N4O4S. The highest BCUT2D eigenvalue weighted by Gasteiger charge is 2.24. The average molecular weight is 641 g/mol. The van der Waals surface area contributed by atoms with Crippen LogP contribution in [0.5, 0.6) is 5.88 Å². The van der Waals surface area contributed by atoms with Crippen LogP contribution in [0.15, 0.2) is 58.5 Å². The summed E-state index contributed by atoms with van der Waals surface area (Å²) in [5, 5.41) is 0.752. The lowest BCUT2D eigenvalue weighted by atomic mass is 10.0. The third-order valence-corrected chi connectivity index (χ3v) is 8.23. The van der Waals surface area contributed by atoms with Gasteiger partial charge in [0.1, 0.15) is 29.1 Å². The molecule has 1 fully saturated rings. The van der Waals surface area contributed by atoms with E-state index in [9.17, 15) is 4.79 Å². The van der Waals surface area contributed by atoms with E-state index >= 15 is 8.78 Å². The van der Waals surface area contributed by atoms with Crippen molar-refractivity contribution in [3.05, 3.63) is 92.1 Å². The molecule has 0 amide bonds. The smallest absolute Gasteiger partial charge is 0.337 e. The molecule has 0 saturated carbocycles. The second-order valence-electron chi connectivity index (χ2n) is 9.42. The Bertz CT molecular complexity index is 1750. The number of thiazole rings is 1. The fourth-order valence-corrected chi connectivity index (χ4v) is 5.83. The van der Waals surface area contributed by atoms with E-state index in [4.69, 9.17) is 14.2 Å². The molecule has 12 heteroatoms. The molecule has 1 saturated heterocycles. The predicted octanol–water partition coefficient (Wildman–Crippen LogP) is 6.34. The van der Waals surface area contributed by atoms with Crippen molar-refractivity contribution >= 4 is 44.3 Å². The van der Waals surface area contributed by atoms with Crippen molar-refractivity contribution in [2.24, 2.45) is 0 Å². The van der Waals surface area contributed by atoms with Gasteiger partial charge in [-0.05, 0) is 64.3 Å². The number of nitrogens with zero attached hydrogens (tertiary/aromatic N) is 4. The van der Waals surface area contributed by atoms with Gasteiger partial charge >= 0.3 is 5.97 Å². The van der Waals surface area contributed by atoms with Gasteiger partial charge in [0, 0.05) is 24.7 Å². The number of carbonyl (C=O) groups excluding carboxylic acids is 1. The number of methoxy groups -OCH3 is 1. The summed E-state index contributed by atoms with van der Waals surface area (Å²) in [7, 11) is 1.32. The number of halogens is 3. The Morgan fingerprint density at radius 3 is 2.76 bits per heavy atom. The van der Waals surface area contributed by atoms with Crippen molar-refractivity contribution in [2.75, 3.05) is 13.7 Å². The highest BCUT2D eigenvalue weighted by Crippen LogP contribution is 2.29. The molecule has 1 atom stereocenters. The van der Waals surface area contributed by atoms with E-state index in [1.165, 1.54) is 24.5 Å². The quantitative estimate of drug-likeness (QED) is 0.174. The predicted molar refractivity (Wildman–Crippen MR) is 152 cm³/mol. The number of carbonyl (C=O) groups is 1. The summed E-state index contributed by atoms with van der Waals surface area (Å²) in [5.41, 5.74) is 2.12. The van der Waals surface area contributed by atoms with E-state index in [-0.39, 0.29) is 41.8 Å². The fourth-order valence-electron chi connectivity index (χ4n) is 4.61. The summed E-state index contributed by atoms with van der Waals surface area (Å²) in [6.07, 6.45) is 2.58. The average Bonchev–Trinajstić information content (AvgIpc) is 3.52. The normalized spacial score (nSPS) is 14.7. The number of aromatic nitrogens is 4. The van der Waals surface area contributed by atoms with Gasteiger partial charge in [0.05, 0.1) is 52.0 Å². The minimum absolute atomic E-state index is 0.0189. The third-order valence-electron chi connectivity index (χ3n) is 6.78. The number of benzene rings is 2. The largest absolute Gasteiger partial charge is 0.470 e. The maximum atomic E-state index is 15.5. The summed E-state index contributed by atoms with van der Waals surface area (Å²) in [4.78, 5) is 25.4. The lowest BCUT2D eigenvalue weighted by Gasteiger charge is -2.27. The van der Waals surface area contributed by atoms with Crippen molar-refractivity contribution in [3.8, 4) is 17.1 Å². The zero-order chi connectivity index (χ0) is 28.5. The van der Waals surface area contributed by atoms with Crippen LogP contribution in [-0.4, -0.2) is 45.3 Å². The number of hydrogen-bond acceptors (Lipinski definition) is 8. The number of esters is 1. The highest BCUT2D eigenvalue weighted by molar-refractivity contribution is 9.11. The molecule has 1 aliphatic heterocycles.